The summed E-state index contributed by atoms with van der Waals surface area (Å²) in [6.45, 7) is 1.84. The number of nitrogens with one attached hydrogen (secondary N) is 1. The zero-order valence-electron chi connectivity index (χ0n) is 16.8. The first kappa shape index (κ1) is 19.3. The first-order chi connectivity index (χ1) is 15.3. The number of hydrogen-bond donors (Lipinski definition) is 1. The normalized spacial score (nSPS) is 14.5. The predicted molar refractivity (Wildman–Crippen MR) is 114 cm³/mol. The van der Waals surface area contributed by atoms with Crippen LogP contribution < -0.4 is 10.1 Å². The molecule has 156 valence electrons. The molecule has 4 aromatic rings. The Morgan fingerprint density at radius 2 is 1.74 bits per heavy atom. The molecule has 0 amide bonds. The summed E-state index contributed by atoms with van der Waals surface area (Å²) in [7, 11) is 0. The lowest BCUT2D eigenvalue weighted by molar-refractivity contribution is 0.340. The van der Waals surface area contributed by atoms with Crippen LogP contribution in [0.5, 0.6) is 11.8 Å². The van der Waals surface area contributed by atoms with E-state index in [1.54, 1.807) is 18.3 Å². The maximum Gasteiger partial charge on any atom is 0.322 e. The minimum Gasteiger partial charge on any atom is -0.424 e. The average molecular weight is 416 g/mol. The number of piperidine rings is 1. The molecule has 2 aromatic carbocycles. The molecule has 1 saturated heterocycles. The van der Waals surface area contributed by atoms with Crippen LogP contribution in [0.3, 0.4) is 0 Å². The zero-order chi connectivity index (χ0) is 21.0. The number of aromatic nitrogens is 5. The van der Waals surface area contributed by atoms with Crippen LogP contribution in [0.15, 0.2) is 66.9 Å². The number of nitrogens with zero attached hydrogens (tertiary/aromatic N) is 5. The molecule has 3 heterocycles. The number of hydrogen-bond acceptors (Lipinski definition) is 6. The van der Waals surface area contributed by atoms with Gasteiger partial charge in [-0.2, -0.15) is 4.98 Å². The van der Waals surface area contributed by atoms with Crippen molar-refractivity contribution in [2.75, 3.05) is 13.1 Å². The van der Waals surface area contributed by atoms with E-state index in [4.69, 9.17) is 4.74 Å². The molecule has 5 rings (SSSR count). The van der Waals surface area contributed by atoms with Gasteiger partial charge in [-0.25, -0.2) is 14.1 Å². The van der Waals surface area contributed by atoms with Crippen molar-refractivity contribution in [1.82, 2.24) is 30.3 Å². The van der Waals surface area contributed by atoms with Crippen LogP contribution in [0.2, 0.25) is 0 Å². The Labute approximate surface area is 178 Å². The summed E-state index contributed by atoms with van der Waals surface area (Å²) in [5.41, 5.74) is 2.87. The van der Waals surface area contributed by atoms with Gasteiger partial charge in [0.25, 0.3) is 0 Å². The van der Waals surface area contributed by atoms with Gasteiger partial charge in [-0.3, -0.25) is 0 Å². The summed E-state index contributed by atoms with van der Waals surface area (Å²) in [5.74, 6) is 0.361. The van der Waals surface area contributed by atoms with Crippen molar-refractivity contribution in [3.63, 3.8) is 0 Å². The second-order valence-corrected chi connectivity index (χ2v) is 7.36. The summed E-state index contributed by atoms with van der Waals surface area (Å²) in [6, 6.07) is 17.9. The number of para-hydroxylation sites is 1. The minimum absolute atomic E-state index is 0.200. The van der Waals surface area contributed by atoms with Crippen molar-refractivity contribution in [1.29, 1.82) is 0 Å². The van der Waals surface area contributed by atoms with Crippen LogP contribution in [-0.2, 0) is 0 Å². The first-order valence-corrected chi connectivity index (χ1v) is 10.3. The van der Waals surface area contributed by atoms with Crippen LogP contribution in [0, 0.1) is 5.82 Å². The van der Waals surface area contributed by atoms with Crippen molar-refractivity contribution in [3.05, 3.63) is 72.7 Å². The van der Waals surface area contributed by atoms with Crippen molar-refractivity contribution in [2.24, 2.45) is 0 Å². The number of ether oxygens (including phenoxy) is 1. The Hall–Kier alpha value is -3.65. The molecule has 0 atom stereocenters. The Morgan fingerprint density at radius 3 is 2.52 bits per heavy atom. The van der Waals surface area contributed by atoms with Gasteiger partial charge in [0, 0.05) is 11.8 Å². The number of halogens is 1. The van der Waals surface area contributed by atoms with Gasteiger partial charge in [0.1, 0.15) is 23.0 Å². The highest BCUT2D eigenvalue weighted by atomic mass is 19.1. The van der Waals surface area contributed by atoms with Gasteiger partial charge in [0.2, 0.25) is 0 Å². The lowest BCUT2D eigenvalue weighted by Crippen LogP contribution is -2.30. The maximum absolute atomic E-state index is 13.5. The van der Waals surface area contributed by atoms with E-state index in [2.05, 4.69) is 25.6 Å². The van der Waals surface area contributed by atoms with Crippen LogP contribution in [0.25, 0.3) is 22.6 Å². The third-order valence-corrected chi connectivity index (χ3v) is 5.30. The lowest BCUT2D eigenvalue weighted by atomic mass is 10.0. The summed E-state index contributed by atoms with van der Waals surface area (Å²) in [5, 5.41) is 12.3. The van der Waals surface area contributed by atoms with Gasteiger partial charge in [0.15, 0.2) is 0 Å². The summed E-state index contributed by atoms with van der Waals surface area (Å²) >= 11 is 0. The van der Waals surface area contributed by atoms with E-state index in [-0.39, 0.29) is 17.9 Å². The summed E-state index contributed by atoms with van der Waals surface area (Å²) < 4.78 is 21.3. The highest BCUT2D eigenvalue weighted by Gasteiger charge is 2.25. The molecule has 8 heteroatoms. The molecule has 1 fully saturated rings. The third kappa shape index (κ3) is 4.15. The fourth-order valence-corrected chi connectivity index (χ4v) is 3.76. The molecule has 0 unspecified atom stereocenters. The Balaban J connectivity index is 1.58. The topological polar surface area (TPSA) is 77.8 Å². The average Bonchev–Trinajstić information content (AvgIpc) is 3.26. The molecule has 0 spiro atoms. The van der Waals surface area contributed by atoms with E-state index < -0.39 is 0 Å². The Bertz CT molecular complexity index is 1160. The van der Waals surface area contributed by atoms with Crippen LogP contribution in [0.1, 0.15) is 18.9 Å². The monoisotopic (exact) mass is 416 g/mol. The largest absolute Gasteiger partial charge is 0.424 e. The van der Waals surface area contributed by atoms with E-state index in [1.165, 1.54) is 12.1 Å². The second kappa shape index (κ2) is 8.61. The molecule has 0 bridgehead atoms. The Morgan fingerprint density at radius 1 is 0.968 bits per heavy atom. The van der Waals surface area contributed by atoms with Gasteiger partial charge >= 0.3 is 6.01 Å². The van der Waals surface area contributed by atoms with Crippen molar-refractivity contribution < 1.29 is 9.13 Å². The van der Waals surface area contributed by atoms with Crippen LogP contribution in [-0.4, -0.2) is 38.1 Å². The van der Waals surface area contributed by atoms with Gasteiger partial charge in [-0.05, 0) is 68.4 Å². The number of rotatable bonds is 5. The predicted octanol–water partition coefficient (Wildman–Crippen LogP) is 4.26. The molecule has 7 nitrogen and oxygen atoms in total. The standard InChI is InChI=1S/C23H21FN6O/c24-17-8-6-16(7-9-17)21-22(30(29-28-21)18-10-13-25-14-11-18)20-12-15-26-23(27-20)31-19-4-2-1-3-5-19/h1-9,12,15,18,25H,10-11,13-14H2. The second-order valence-electron chi connectivity index (χ2n) is 7.36. The van der Waals surface area contributed by atoms with Crippen LogP contribution in [0.4, 0.5) is 4.39 Å². The van der Waals surface area contributed by atoms with E-state index in [1.807, 2.05) is 41.1 Å². The fourth-order valence-electron chi connectivity index (χ4n) is 3.76. The molecule has 0 saturated carbocycles. The van der Waals surface area contributed by atoms with Gasteiger partial charge in [-0.15, -0.1) is 5.10 Å². The smallest absolute Gasteiger partial charge is 0.322 e. The maximum atomic E-state index is 13.5. The van der Waals surface area contributed by atoms with E-state index >= 15 is 0 Å². The molecule has 0 aliphatic carbocycles. The fraction of sp³-hybridized carbons (Fsp3) is 0.217. The third-order valence-electron chi connectivity index (χ3n) is 5.30. The van der Waals surface area contributed by atoms with E-state index in [0.29, 0.717) is 17.1 Å². The van der Waals surface area contributed by atoms with Crippen molar-refractivity contribution >= 4 is 0 Å². The van der Waals surface area contributed by atoms with Crippen LogP contribution >= 0.6 is 0 Å². The van der Waals surface area contributed by atoms with Crippen molar-refractivity contribution in [3.8, 4) is 34.4 Å². The molecule has 1 aliphatic heterocycles. The quantitative estimate of drug-likeness (QED) is 0.524. The summed E-state index contributed by atoms with van der Waals surface area (Å²) in [4.78, 5) is 8.90. The Kier molecular flexibility index (Phi) is 5.37. The molecular weight excluding hydrogens is 395 g/mol. The van der Waals surface area contributed by atoms with Gasteiger partial charge in [0.05, 0.1) is 11.7 Å². The molecular formula is C23H21FN6O. The first-order valence-electron chi connectivity index (χ1n) is 10.3. The van der Waals surface area contributed by atoms with Gasteiger partial charge < -0.3 is 10.1 Å². The lowest BCUT2D eigenvalue weighted by Gasteiger charge is -2.24. The highest BCUT2D eigenvalue weighted by Crippen LogP contribution is 2.34. The summed E-state index contributed by atoms with van der Waals surface area (Å²) in [6.07, 6.45) is 3.55. The van der Waals surface area contributed by atoms with Gasteiger partial charge in [-0.1, -0.05) is 23.4 Å². The zero-order valence-corrected chi connectivity index (χ0v) is 16.8. The van der Waals surface area contributed by atoms with E-state index in [9.17, 15) is 4.39 Å². The molecule has 1 N–H and O–H groups in total. The van der Waals surface area contributed by atoms with E-state index in [0.717, 1.165) is 37.2 Å². The molecule has 31 heavy (non-hydrogen) atoms. The number of benzene rings is 2. The molecule has 1 aliphatic rings. The molecule has 0 radical (unpaired) electrons. The molecule has 2 aromatic heterocycles. The van der Waals surface area contributed by atoms with Crippen molar-refractivity contribution in [2.45, 2.75) is 18.9 Å². The minimum atomic E-state index is -0.295. The SMILES string of the molecule is Fc1ccc(-c2nnn(C3CCNCC3)c2-c2ccnc(Oc3ccccc3)n2)cc1. The highest BCUT2D eigenvalue weighted by molar-refractivity contribution is 5.76.